The van der Waals surface area contributed by atoms with Gasteiger partial charge in [-0.15, -0.1) is 0 Å². The van der Waals surface area contributed by atoms with Crippen LogP contribution in [-0.2, 0) is 6.42 Å². The zero-order valence-corrected chi connectivity index (χ0v) is 10.6. The number of hydrogen-bond donors (Lipinski definition) is 1. The van der Waals surface area contributed by atoms with Gasteiger partial charge in [-0.1, -0.05) is 0 Å². The number of hydrogen-bond acceptors (Lipinski definition) is 3. The largest absolute Gasteiger partial charge is 0.493 e. The molecule has 96 valence electrons. The quantitative estimate of drug-likeness (QED) is 0.831. The summed E-state index contributed by atoms with van der Waals surface area (Å²) in [5.41, 5.74) is 2.03. The van der Waals surface area contributed by atoms with E-state index >= 15 is 0 Å². The van der Waals surface area contributed by atoms with Crippen LogP contribution in [0, 0.1) is 0 Å². The number of rotatable bonds is 3. The van der Waals surface area contributed by atoms with E-state index in [0.717, 1.165) is 43.7 Å². The fourth-order valence-electron chi connectivity index (χ4n) is 2.81. The summed E-state index contributed by atoms with van der Waals surface area (Å²) in [6, 6.07) is 6.25. The number of carbonyl (C=O) groups excluding carboxylic acids is 1. The molecule has 3 heteroatoms. The van der Waals surface area contributed by atoms with Crippen LogP contribution < -0.4 is 10.1 Å². The maximum Gasteiger partial charge on any atom is 0.164 e. The van der Waals surface area contributed by atoms with Crippen molar-refractivity contribution in [3.63, 3.8) is 0 Å². The van der Waals surface area contributed by atoms with Crippen molar-refractivity contribution in [3.8, 4) is 5.75 Å². The standard InChI is InChI=1S/C15H19NO2/c17-14(10-13-4-1-7-16-13)11-5-6-15-12(9-11)3-2-8-18-15/h5-6,9,13,16H,1-4,7-8,10H2. The van der Waals surface area contributed by atoms with Crippen molar-refractivity contribution in [1.82, 2.24) is 5.32 Å². The molecule has 1 atom stereocenters. The minimum atomic E-state index is 0.253. The lowest BCUT2D eigenvalue weighted by Gasteiger charge is -2.18. The molecular weight excluding hydrogens is 226 g/mol. The molecule has 0 amide bonds. The van der Waals surface area contributed by atoms with E-state index in [2.05, 4.69) is 5.32 Å². The van der Waals surface area contributed by atoms with E-state index in [1.807, 2.05) is 18.2 Å². The van der Waals surface area contributed by atoms with Gasteiger partial charge in [0, 0.05) is 18.0 Å². The molecule has 0 aliphatic carbocycles. The van der Waals surface area contributed by atoms with Crippen LogP contribution in [0.25, 0.3) is 0 Å². The predicted octanol–water partition coefficient (Wildman–Crippen LogP) is 2.34. The molecule has 3 nitrogen and oxygen atoms in total. The number of carbonyl (C=O) groups is 1. The third kappa shape index (κ3) is 2.41. The van der Waals surface area contributed by atoms with Gasteiger partial charge in [0.05, 0.1) is 6.61 Å². The summed E-state index contributed by atoms with van der Waals surface area (Å²) in [5, 5.41) is 3.37. The second kappa shape index (κ2) is 5.11. The lowest BCUT2D eigenvalue weighted by molar-refractivity contribution is 0.0971. The molecule has 1 N–H and O–H groups in total. The smallest absolute Gasteiger partial charge is 0.164 e. The van der Waals surface area contributed by atoms with Gasteiger partial charge in [-0.3, -0.25) is 4.79 Å². The maximum atomic E-state index is 12.2. The maximum absolute atomic E-state index is 12.2. The highest BCUT2D eigenvalue weighted by atomic mass is 16.5. The van der Waals surface area contributed by atoms with Crippen LogP contribution >= 0.6 is 0 Å². The van der Waals surface area contributed by atoms with Gasteiger partial charge < -0.3 is 10.1 Å². The number of Topliss-reactive ketones (excluding diaryl/α,β-unsaturated/α-hetero) is 1. The van der Waals surface area contributed by atoms with E-state index in [1.54, 1.807) is 0 Å². The van der Waals surface area contributed by atoms with Crippen LogP contribution in [0.3, 0.4) is 0 Å². The van der Waals surface area contributed by atoms with Crippen molar-refractivity contribution in [3.05, 3.63) is 29.3 Å². The highest BCUT2D eigenvalue weighted by molar-refractivity contribution is 5.96. The van der Waals surface area contributed by atoms with E-state index in [9.17, 15) is 4.79 Å². The molecule has 0 saturated carbocycles. The Morgan fingerprint density at radius 3 is 3.17 bits per heavy atom. The van der Waals surface area contributed by atoms with E-state index in [0.29, 0.717) is 12.5 Å². The fraction of sp³-hybridized carbons (Fsp3) is 0.533. The highest BCUT2D eigenvalue weighted by Crippen LogP contribution is 2.26. The van der Waals surface area contributed by atoms with Gasteiger partial charge in [0.15, 0.2) is 5.78 Å². The van der Waals surface area contributed by atoms with Gasteiger partial charge in [0.2, 0.25) is 0 Å². The molecule has 0 spiro atoms. The number of ketones is 1. The predicted molar refractivity (Wildman–Crippen MR) is 70.2 cm³/mol. The summed E-state index contributed by atoms with van der Waals surface area (Å²) in [6.45, 7) is 1.85. The van der Waals surface area contributed by atoms with Crippen LogP contribution in [-0.4, -0.2) is 25.0 Å². The molecule has 0 bridgehead atoms. The molecule has 3 rings (SSSR count). The first kappa shape index (κ1) is 11.7. The molecule has 18 heavy (non-hydrogen) atoms. The second-order valence-electron chi connectivity index (χ2n) is 5.20. The average Bonchev–Trinajstić information content (AvgIpc) is 2.91. The molecule has 2 aliphatic rings. The van der Waals surface area contributed by atoms with Gasteiger partial charge in [-0.2, -0.15) is 0 Å². The van der Waals surface area contributed by atoms with Gasteiger partial charge >= 0.3 is 0 Å². The molecule has 2 heterocycles. The van der Waals surface area contributed by atoms with Crippen molar-refractivity contribution in [2.75, 3.05) is 13.2 Å². The van der Waals surface area contributed by atoms with Gasteiger partial charge in [-0.25, -0.2) is 0 Å². The van der Waals surface area contributed by atoms with Crippen LogP contribution in [0.2, 0.25) is 0 Å². The Morgan fingerprint density at radius 2 is 2.33 bits per heavy atom. The number of aryl methyl sites for hydroxylation is 1. The monoisotopic (exact) mass is 245 g/mol. The Hall–Kier alpha value is -1.35. The third-order valence-electron chi connectivity index (χ3n) is 3.82. The molecule has 0 radical (unpaired) electrons. The van der Waals surface area contributed by atoms with E-state index < -0.39 is 0 Å². The number of fused-ring (bicyclic) bond motifs is 1. The SMILES string of the molecule is O=C(CC1CCCN1)c1ccc2c(c1)CCCO2. The Kier molecular flexibility index (Phi) is 3.33. The number of nitrogens with one attached hydrogen (secondary N) is 1. The Bertz CT molecular complexity index is 450. The number of ether oxygens (including phenoxy) is 1. The van der Waals surface area contributed by atoms with Crippen LogP contribution in [0.15, 0.2) is 18.2 Å². The zero-order valence-electron chi connectivity index (χ0n) is 10.6. The summed E-state index contributed by atoms with van der Waals surface area (Å²) >= 11 is 0. The lowest BCUT2D eigenvalue weighted by Crippen LogP contribution is -2.24. The molecule has 1 aromatic carbocycles. The first-order valence-electron chi connectivity index (χ1n) is 6.85. The molecule has 1 aromatic rings. The van der Waals surface area contributed by atoms with Crippen molar-refractivity contribution in [1.29, 1.82) is 0 Å². The Labute approximate surface area is 108 Å². The topological polar surface area (TPSA) is 38.3 Å². The van der Waals surface area contributed by atoms with Gasteiger partial charge in [0.25, 0.3) is 0 Å². The summed E-state index contributed by atoms with van der Waals surface area (Å²) in [4.78, 5) is 12.2. The van der Waals surface area contributed by atoms with Crippen molar-refractivity contribution in [2.45, 2.75) is 38.1 Å². The molecule has 0 aromatic heterocycles. The Balaban J connectivity index is 1.73. The minimum Gasteiger partial charge on any atom is -0.493 e. The van der Waals surface area contributed by atoms with E-state index in [4.69, 9.17) is 4.74 Å². The summed E-state index contributed by atoms with van der Waals surface area (Å²) < 4.78 is 5.57. The van der Waals surface area contributed by atoms with E-state index in [-0.39, 0.29) is 5.78 Å². The molecule has 1 saturated heterocycles. The van der Waals surface area contributed by atoms with Crippen LogP contribution in [0.1, 0.15) is 41.6 Å². The minimum absolute atomic E-state index is 0.253. The zero-order chi connectivity index (χ0) is 12.4. The average molecular weight is 245 g/mol. The molecule has 1 fully saturated rings. The van der Waals surface area contributed by atoms with Crippen LogP contribution in [0.4, 0.5) is 0 Å². The van der Waals surface area contributed by atoms with E-state index in [1.165, 1.54) is 12.0 Å². The highest BCUT2D eigenvalue weighted by Gasteiger charge is 2.20. The van der Waals surface area contributed by atoms with Crippen molar-refractivity contribution >= 4 is 5.78 Å². The molecule has 2 aliphatic heterocycles. The Morgan fingerprint density at radius 1 is 1.39 bits per heavy atom. The molecular formula is C15H19NO2. The van der Waals surface area contributed by atoms with Gasteiger partial charge in [-0.05, 0) is 56.0 Å². The fourth-order valence-corrected chi connectivity index (χ4v) is 2.81. The first-order valence-corrected chi connectivity index (χ1v) is 6.85. The van der Waals surface area contributed by atoms with Crippen molar-refractivity contribution in [2.24, 2.45) is 0 Å². The summed E-state index contributed by atoms with van der Waals surface area (Å²) in [6.07, 6.45) is 5.02. The third-order valence-corrected chi connectivity index (χ3v) is 3.82. The van der Waals surface area contributed by atoms with Crippen LogP contribution in [0.5, 0.6) is 5.75 Å². The summed E-state index contributed by atoms with van der Waals surface area (Å²) in [5.74, 6) is 1.21. The molecule has 1 unspecified atom stereocenters. The number of benzene rings is 1. The summed E-state index contributed by atoms with van der Waals surface area (Å²) in [7, 11) is 0. The normalized spacial score (nSPS) is 22.3. The lowest BCUT2D eigenvalue weighted by atomic mass is 9.98. The van der Waals surface area contributed by atoms with Crippen molar-refractivity contribution < 1.29 is 9.53 Å². The second-order valence-corrected chi connectivity index (χ2v) is 5.20. The first-order chi connectivity index (χ1) is 8.83. The van der Waals surface area contributed by atoms with Gasteiger partial charge in [0.1, 0.15) is 5.75 Å².